The van der Waals surface area contributed by atoms with Crippen molar-refractivity contribution in [1.29, 1.82) is 0 Å². The van der Waals surface area contributed by atoms with Crippen LogP contribution in [0.15, 0.2) is 24.3 Å². The third kappa shape index (κ3) is 2.93. The van der Waals surface area contributed by atoms with Crippen molar-refractivity contribution in [3.8, 4) is 0 Å². The summed E-state index contributed by atoms with van der Waals surface area (Å²) in [5.74, 6) is 0. The van der Waals surface area contributed by atoms with Gasteiger partial charge < -0.3 is 4.90 Å². The van der Waals surface area contributed by atoms with Crippen LogP contribution in [-0.4, -0.2) is 14.1 Å². The maximum absolute atomic E-state index is 2.12. The van der Waals surface area contributed by atoms with Crippen molar-refractivity contribution in [1.82, 2.24) is 0 Å². The van der Waals surface area contributed by atoms with Crippen LogP contribution < -0.4 is 4.90 Å². The van der Waals surface area contributed by atoms with E-state index in [1.807, 2.05) is 14.1 Å². The van der Waals surface area contributed by atoms with E-state index in [9.17, 15) is 0 Å². The molecule has 2 heteroatoms. The molecule has 0 aromatic heterocycles. The smallest absolute Gasteiger partial charge is 0.0361 e. The molecule has 0 aliphatic heterocycles. The zero-order chi connectivity index (χ0) is 7.56. The number of rotatable bonds is 1. The van der Waals surface area contributed by atoms with Gasteiger partial charge >= 0.3 is 0 Å². The molecule has 0 aliphatic rings. The highest BCUT2D eigenvalue weighted by Crippen LogP contribution is 2.10. The van der Waals surface area contributed by atoms with Gasteiger partial charge in [0.15, 0.2) is 0 Å². The van der Waals surface area contributed by atoms with Gasteiger partial charge in [-0.2, -0.15) is 0 Å². The molecule has 1 nitrogen and oxygen atoms in total. The van der Waals surface area contributed by atoms with Crippen LogP contribution in [0.3, 0.4) is 0 Å². The first-order chi connectivity index (χ1) is 4.70. The average molecular weight is 216 g/mol. The van der Waals surface area contributed by atoms with E-state index in [-0.39, 0.29) is 17.0 Å². The van der Waals surface area contributed by atoms with Gasteiger partial charge in [-0.1, -0.05) is 17.7 Å². The minimum Gasteiger partial charge on any atom is -0.378 e. The first-order valence-electron chi connectivity index (χ1n) is 3.44. The molecule has 0 amide bonds. The molecule has 1 rings (SSSR count). The predicted octanol–water partition coefficient (Wildman–Crippen LogP) is 2.64. The molecule has 0 aliphatic carbocycles. The van der Waals surface area contributed by atoms with Crippen molar-refractivity contribution in [2.24, 2.45) is 0 Å². The fourth-order valence-corrected chi connectivity index (χ4v) is 0.843. The highest BCUT2D eigenvalue weighted by molar-refractivity contribution is 8.93. The number of hydrogen-bond acceptors (Lipinski definition) is 1. The zero-order valence-corrected chi connectivity index (χ0v) is 8.88. The maximum Gasteiger partial charge on any atom is 0.0361 e. The summed E-state index contributed by atoms with van der Waals surface area (Å²) in [6.07, 6.45) is 0. The fourth-order valence-electron chi connectivity index (χ4n) is 0.843. The van der Waals surface area contributed by atoms with Crippen LogP contribution in [0.4, 0.5) is 5.69 Å². The molecule has 1 aromatic rings. The quantitative estimate of drug-likeness (QED) is 0.697. The van der Waals surface area contributed by atoms with E-state index in [1.54, 1.807) is 0 Å². The molecular weight excluding hydrogens is 202 g/mol. The highest BCUT2D eigenvalue weighted by Gasteiger charge is 1.90. The Bertz CT molecular complexity index is 203. The number of hydrogen-bond donors (Lipinski definition) is 0. The van der Waals surface area contributed by atoms with Gasteiger partial charge in [0.05, 0.1) is 0 Å². The summed E-state index contributed by atoms with van der Waals surface area (Å²) in [5.41, 5.74) is 2.57. The number of halogens is 1. The highest BCUT2D eigenvalue weighted by atomic mass is 79.9. The molecule has 0 unspecified atom stereocenters. The van der Waals surface area contributed by atoms with E-state index in [4.69, 9.17) is 0 Å². The van der Waals surface area contributed by atoms with Crippen LogP contribution in [0.5, 0.6) is 0 Å². The molecule has 1 aromatic carbocycles. The molecule has 0 saturated carbocycles. The Hall–Kier alpha value is -0.500. The van der Waals surface area contributed by atoms with Crippen molar-refractivity contribution >= 4 is 22.7 Å². The van der Waals surface area contributed by atoms with Gasteiger partial charge in [0.1, 0.15) is 0 Å². The van der Waals surface area contributed by atoms with Crippen molar-refractivity contribution in [2.45, 2.75) is 6.92 Å². The molecule has 11 heavy (non-hydrogen) atoms. The normalized spacial score (nSPS) is 8.64. The van der Waals surface area contributed by atoms with Gasteiger partial charge in [0.25, 0.3) is 0 Å². The lowest BCUT2D eigenvalue weighted by Gasteiger charge is -2.11. The summed E-state index contributed by atoms with van der Waals surface area (Å²) in [7, 11) is 4.09. The van der Waals surface area contributed by atoms with Gasteiger partial charge in [-0.15, -0.1) is 17.0 Å². The number of benzene rings is 1. The van der Waals surface area contributed by atoms with E-state index >= 15 is 0 Å². The fraction of sp³-hybridized carbons (Fsp3) is 0.333. The minimum absolute atomic E-state index is 0. The SMILES string of the molecule is Br.Cc1ccc(N(C)C)cc1. The largest absolute Gasteiger partial charge is 0.378 e. The summed E-state index contributed by atoms with van der Waals surface area (Å²) < 4.78 is 0. The van der Waals surface area contributed by atoms with Crippen molar-refractivity contribution in [2.75, 3.05) is 19.0 Å². The van der Waals surface area contributed by atoms with E-state index in [0.717, 1.165) is 0 Å². The molecule has 0 atom stereocenters. The van der Waals surface area contributed by atoms with E-state index in [1.165, 1.54) is 11.3 Å². The maximum atomic E-state index is 2.12. The second kappa shape index (κ2) is 4.39. The monoisotopic (exact) mass is 215 g/mol. The van der Waals surface area contributed by atoms with Gasteiger partial charge in [0, 0.05) is 19.8 Å². The first-order valence-corrected chi connectivity index (χ1v) is 3.44. The molecule has 0 saturated heterocycles. The molecule has 0 spiro atoms. The Morgan fingerprint density at radius 1 is 1.00 bits per heavy atom. The van der Waals surface area contributed by atoms with E-state index in [2.05, 4.69) is 36.1 Å². The summed E-state index contributed by atoms with van der Waals surface area (Å²) >= 11 is 0. The summed E-state index contributed by atoms with van der Waals surface area (Å²) in [6, 6.07) is 8.48. The minimum atomic E-state index is 0. The Kier molecular flexibility index (Phi) is 4.19. The second-order valence-corrected chi connectivity index (χ2v) is 2.73. The lowest BCUT2D eigenvalue weighted by atomic mass is 10.2. The molecule has 0 fully saturated rings. The van der Waals surface area contributed by atoms with Crippen LogP contribution >= 0.6 is 17.0 Å². The van der Waals surface area contributed by atoms with Gasteiger partial charge in [-0.3, -0.25) is 0 Å². The Morgan fingerprint density at radius 3 is 1.82 bits per heavy atom. The second-order valence-electron chi connectivity index (χ2n) is 2.73. The molecule has 0 radical (unpaired) electrons. The van der Waals surface area contributed by atoms with Crippen LogP contribution in [0.1, 0.15) is 5.56 Å². The van der Waals surface area contributed by atoms with Crippen LogP contribution in [-0.2, 0) is 0 Å². The van der Waals surface area contributed by atoms with Crippen LogP contribution in [0, 0.1) is 6.92 Å². The Morgan fingerprint density at radius 2 is 1.45 bits per heavy atom. The van der Waals surface area contributed by atoms with Crippen molar-refractivity contribution < 1.29 is 0 Å². The van der Waals surface area contributed by atoms with Gasteiger partial charge in [0.2, 0.25) is 0 Å². The number of anilines is 1. The number of nitrogens with zero attached hydrogens (tertiary/aromatic N) is 1. The van der Waals surface area contributed by atoms with Crippen LogP contribution in [0.25, 0.3) is 0 Å². The van der Waals surface area contributed by atoms with Crippen molar-refractivity contribution in [3.05, 3.63) is 29.8 Å². The first kappa shape index (κ1) is 10.5. The average Bonchev–Trinajstić information content (AvgIpc) is 1.88. The Labute approximate surface area is 78.8 Å². The van der Waals surface area contributed by atoms with Gasteiger partial charge in [-0.25, -0.2) is 0 Å². The lowest BCUT2D eigenvalue weighted by molar-refractivity contribution is 1.13. The third-order valence-electron chi connectivity index (χ3n) is 1.55. The standard InChI is InChI=1S/C9H13N.BrH/c1-8-4-6-9(7-5-8)10(2)3;/h4-7H,1-3H3;1H. The van der Waals surface area contributed by atoms with Gasteiger partial charge in [-0.05, 0) is 19.1 Å². The van der Waals surface area contributed by atoms with E-state index in [0.29, 0.717) is 0 Å². The molecule has 0 N–H and O–H groups in total. The summed E-state index contributed by atoms with van der Waals surface area (Å²) in [4.78, 5) is 2.10. The zero-order valence-electron chi connectivity index (χ0n) is 7.16. The van der Waals surface area contributed by atoms with Crippen molar-refractivity contribution in [3.63, 3.8) is 0 Å². The third-order valence-corrected chi connectivity index (χ3v) is 1.55. The topological polar surface area (TPSA) is 3.24 Å². The number of aryl methyl sites for hydroxylation is 1. The summed E-state index contributed by atoms with van der Waals surface area (Å²) in [6.45, 7) is 2.10. The molecule has 0 bridgehead atoms. The predicted molar refractivity (Wildman–Crippen MR) is 55.8 cm³/mol. The molecule has 62 valence electrons. The summed E-state index contributed by atoms with van der Waals surface area (Å²) in [5, 5.41) is 0. The van der Waals surface area contributed by atoms with Crippen LogP contribution in [0.2, 0.25) is 0 Å². The van der Waals surface area contributed by atoms with E-state index < -0.39 is 0 Å². The lowest BCUT2D eigenvalue weighted by Crippen LogP contribution is -2.07. The molecular formula is C9H14BrN. The molecule has 0 heterocycles. The Balaban J connectivity index is 0.000001000.